The molecule has 0 spiro atoms. The summed E-state index contributed by atoms with van der Waals surface area (Å²) in [5, 5.41) is -0.0450. The zero-order chi connectivity index (χ0) is 25.8. The van der Waals surface area contributed by atoms with E-state index in [1.807, 2.05) is 0 Å². The van der Waals surface area contributed by atoms with E-state index in [4.69, 9.17) is 4.74 Å². The van der Waals surface area contributed by atoms with Gasteiger partial charge in [0, 0.05) is 11.9 Å². The molecule has 2 aliphatic heterocycles. The molecule has 3 aromatic rings. The number of carbonyl (C=O) groups excluding carboxylic acids is 2. The first kappa shape index (κ1) is 24.2. The van der Waals surface area contributed by atoms with Crippen LogP contribution in [0.2, 0.25) is 0 Å². The molecule has 3 heterocycles. The summed E-state index contributed by atoms with van der Waals surface area (Å²) in [5.74, 6) is -0.751. The van der Waals surface area contributed by atoms with E-state index < -0.39 is 41.3 Å². The number of nitrogens with zero attached hydrogens (tertiary/aromatic N) is 2. The number of benzene rings is 2. The van der Waals surface area contributed by atoms with Crippen LogP contribution in [0.15, 0.2) is 48.5 Å². The first-order valence-corrected chi connectivity index (χ1v) is 11.2. The molecule has 0 unspecified atom stereocenters. The van der Waals surface area contributed by atoms with Gasteiger partial charge in [0.1, 0.15) is 11.8 Å². The number of unbranched alkanes of at least 4 members (excludes halogenated alkanes) is 1. The van der Waals surface area contributed by atoms with Crippen molar-refractivity contribution in [3.63, 3.8) is 0 Å². The molecule has 1 aromatic heterocycles. The van der Waals surface area contributed by atoms with Gasteiger partial charge in [-0.1, -0.05) is 24.3 Å². The van der Waals surface area contributed by atoms with Crippen molar-refractivity contribution < 1.29 is 40.7 Å². The van der Waals surface area contributed by atoms with Crippen LogP contribution in [0.25, 0.3) is 10.9 Å². The molecule has 2 aliphatic rings. The molecule has 0 radical (unpaired) electrons. The lowest BCUT2D eigenvalue weighted by atomic mass is 9.98. The number of fused-ring (bicyclic) bond motifs is 2. The molecular weight excluding hydrogens is 490 g/mol. The third-order valence-corrected chi connectivity index (χ3v) is 6.35. The Morgan fingerprint density at radius 3 is 2.14 bits per heavy atom. The largest absolute Gasteiger partial charge is 0.433 e. The minimum Gasteiger partial charge on any atom is -0.364 e. The molecule has 0 saturated carbocycles. The summed E-state index contributed by atoms with van der Waals surface area (Å²) in [7, 11) is 0. The number of carbonyl (C=O) groups is 2. The maximum atomic E-state index is 13.4. The third kappa shape index (κ3) is 4.32. The number of pyridine rings is 1. The minimum atomic E-state index is -4.93. The predicted octanol–water partition coefficient (Wildman–Crippen LogP) is 6.18. The van der Waals surface area contributed by atoms with Gasteiger partial charge in [0.25, 0.3) is 11.8 Å². The van der Waals surface area contributed by atoms with Gasteiger partial charge >= 0.3 is 12.4 Å². The molecule has 2 atom stereocenters. The van der Waals surface area contributed by atoms with E-state index in [2.05, 4.69) is 4.98 Å². The number of alkyl halides is 6. The highest BCUT2D eigenvalue weighted by molar-refractivity contribution is 6.21. The van der Waals surface area contributed by atoms with E-state index in [0.29, 0.717) is 36.5 Å². The Bertz CT molecular complexity index is 1330. The molecule has 1 saturated heterocycles. The average Bonchev–Trinajstić information content (AvgIpc) is 3.55. The summed E-state index contributed by atoms with van der Waals surface area (Å²) in [6, 6.07) is 10.4. The van der Waals surface area contributed by atoms with Crippen molar-refractivity contribution >= 4 is 22.7 Å². The Kier molecular flexibility index (Phi) is 5.77. The van der Waals surface area contributed by atoms with Crippen molar-refractivity contribution in [1.29, 1.82) is 0 Å². The van der Waals surface area contributed by atoms with E-state index in [9.17, 15) is 35.9 Å². The van der Waals surface area contributed by atoms with Gasteiger partial charge in [-0.15, -0.1) is 0 Å². The van der Waals surface area contributed by atoms with Crippen LogP contribution in [-0.4, -0.2) is 34.3 Å². The Morgan fingerprint density at radius 1 is 0.861 bits per heavy atom. The topological polar surface area (TPSA) is 62.8 Å². The molecule has 0 N–H and O–H groups in total. The van der Waals surface area contributed by atoms with Crippen molar-refractivity contribution in [2.24, 2.45) is 0 Å². The zero-order valence-electron chi connectivity index (χ0n) is 18.5. The SMILES string of the molecule is O=C1c2ccccc2C(=O)N1CCCC[C@@H]1O[C@H]1c1cc(C(F)(F)F)nc2c(C(F)(F)F)cccc12. The van der Waals surface area contributed by atoms with Gasteiger partial charge in [-0.3, -0.25) is 14.5 Å². The van der Waals surface area contributed by atoms with Gasteiger partial charge in [-0.25, -0.2) is 4.98 Å². The summed E-state index contributed by atoms with van der Waals surface area (Å²) in [5.41, 5.74) is -2.74. The normalized spacial score (nSPS) is 19.8. The quantitative estimate of drug-likeness (QED) is 0.173. The van der Waals surface area contributed by atoms with Gasteiger partial charge < -0.3 is 4.74 Å². The summed E-state index contributed by atoms with van der Waals surface area (Å²) in [4.78, 5) is 29.3. The zero-order valence-corrected chi connectivity index (χ0v) is 18.5. The number of halogens is 6. The number of epoxide rings is 1. The molecule has 5 nitrogen and oxygen atoms in total. The summed E-state index contributed by atoms with van der Waals surface area (Å²) >= 11 is 0. The lowest BCUT2D eigenvalue weighted by molar-refractivity contribution is -0.142. The van der Waals surface area contributed by atoms with Crippen LogP contribution in [0.1, 0.15) is 62.9 Å². The van der Waals surface area contributed by atoms with Gasteiger partial charge in [-0.05, 0) is 49.1 Å². The lowest BCUT2D eigenvalue weighted by Crippen LogP contribution is -2.30. The van der Waals surface area contributed by atoms with Crippen LogP contribution in [0.3, 0.4) is 0 Å². The first-order chi connectivity index (χ1) is 17.0. The number of hydrogen-bond donors (Lipinski definition) is 0. The van der Waals surface area contributed by atoms with E-state index in [1.54, 1.807) is 24.3 Å². The highest BCUT2D eigenvalue weighted by Gasteiger charge is 2.44. The molecule has 0 bridgehead atoms. The van der Waals surface area contributed by atoms with E-state index in [0.717, 1.165) is 17.0 Å². The fraction of sp³-hybridized carbons (Fsp3) is 0.320. The predicted molar refractivity (Wildman–Crippen MR) is 115 cm³/mol. The van der Waals surface area contributed by atoms with Crippen molar-refractivity contribution in [2.45, 2.75) is 43.8 Å². The van der Waals surface area contributed by atoms with Crippen LogP contribution in [0.4, 0.5) is 26.3 Å². The van der Waals surface area contributed by atoms with Crippen molar-refractivity contribution in [2.75, 3.05) is 6.54 Å². The van der Waals surface area contributed by atoms with Gasteiger partial charge in [0.15, 0.2) is 0 Å². The minimum absolute atomic E-state index is 0.00349. The third-order valence-electron chi connectivity index (χ3n) is 6.35. The number of hydrogen-bond acceptors (Lipinski definition) is 4. The van der Waals surface area contributed by atoms with E-state index in [-0.39, 0.29) is 29.3 Å². The second-order valence-corrected chi connectivity index (χ2v) is 8.69. The average molecular weight is 508 g/mol. The monoisotopic (exact) mass is 508 g/mol. The fourth-order valence-electron chi connectivity index (χ4n) is 4.58. The van der Waals surface area contributed by atoms with Gasteiger partial charge in [-0.2, -0.15) is 26.3 Å². The standard InChI is InChI=1S/C25H18F6N2O3/c26-24(27,28)17-9-5-8-13-16(12-19(25(29,30)31)32-20(13)17)21-18(36-21)10-3-4-11-33-22(34)14-6-1-2-7-15(14)23(33)35/h1-2,5-9,12,18,21H,3-4,10-11H2/t18-,21-/m0/s1. The van der Waals surface area contributed by atoms with Crippen LogP contribution >= 0.6 is 0 Å². The molecule has 1 fully saturated rings. The molecule has 2 aromatic carbocycles. The summed E-state index contributed by atoms with van der Waals surface area (Å²) < 4.78 is 86.1. The molecule has 11 heteroatoms. The van der Waals surface area contributed by atoms with Crippen molar-refractivity contribution in [3.8, 4) is 0 Å². The summed E-state index contributed by atoms with van der Waals surface area (Å²) in [6.07, 6.45) is -9.76. The van der Waals surface area contributed by atoms with Crippen molar-refractivity contribution in [1.82, 2.24) is 9.88 Å². The molecule has 2 amide bonds. The fourth-order valence-corrected chi connectivity index (χ4v) is 4.58. The van der Waals surface area contributed by atoms with Crippen LogP contribution < -0.4 is 0 Å². The van der Waals surface area contributed by atoms with Crippen LogP contribution in [0, 0.1) is 0 Å². The Morgan fingerprint density at radius 2 is 1.53 bits per heavy atom. The van der Waals surface area contributed by atoms with Gasteiger partial charge in [0.05, 0.1) is 28.3 Å². The molecule has 0 aliphatic carbocycles. The van der Waals surface area contributed by atoms with Gasteiger partial charge in [0.2, 0.25) is 0 Å². The molecule has 5 rings (SSSR count). The maximum absolute atomic E-state index is 13.4. The van der Waals surface area contributed by atoms with E-state index >= 15 is 0 Å². The number of amides is 2. The number of rotatable bonds is 6. The molecular formula is C25H18F6N2O3. The first-order valence-electron chi connectivity index (χ1n) is 11.2. The van der Waals surface area contributed by atoms with E-state index in [1.165, 1.54) is 6.07 Å². The maximum Gasteiger partial charge on any atom is 0.433 e. The second kappa shape index (κ2) is 8.58. The number of para-hydroxylation sites is 1. The van der Waals surface area contributed by atoms with Crippen LogP contribution in [0.5, 0.6) is 0 Å². The second-order valence-electron chi connectivity index (χ2n) is 8.69. The Balaban J connectivity index is 1.28. The molecule has 36 heavy (non-hydrogen) atoms. The lowest BCUT2D eigenvalue weighted by Gasteiger charge is -2.15. The smallest absolute Gasteiger partial charge is 0.364 e. The Hall–Kier alpha value is -3.47. The van der Waals surface area contributed by atoms with Crippen molar-refractivity contribution in [3.05, 3.63) is 76.5 Å². The highest BCUT2D eigenvalue weighted by Crippen LogP contribution is 2.47. The van der Waals surface area contributed by atoms with Crippen LogP contribution in [-0.2, 0) is 17.1 Å². The summed E-state index contributed by atoms with van der Waals surface area (Å²) in [6.45, 7) is 0.176. The highest BCUT2D eigenvalue weighted by atomic mass is 19.4. The number of imide groups is 1. The number of ether oxygens (including phenoxy) is 1. The molecule has 188 valence electrons. The Labute approximate surface area is 200 Å². The number of aromatic nitrogens is 1.